The van der Waals surface area contributed by atoms with Crippen molar-refractivity contribution < 1.29 is 4.42 Å². The smallest absolute Gasteiger partial charge is 0.266 e. The standard InChI is InChI=1S/C26H29IN6O/c1-17-14-20(29-24(28-17)33-13-10-26(16-33)6-7-26)23-31-30-22(34-23)19-3-2-18(27)15-21(19)32-11-8-25(4-5-25)9-12-32/h2-3,14-15H,4-13,16H2,1H3. The lowest BCUT2D eigenvalue weighted by Crippen LogP contribution is -2.34. The van der Waals surface area contributed by atoms with E-state index in [0.29, 0.717) is 28.3 Å². The zero-order valence-corrected chi connectivity index (χ0v) is 21.7. The largest absolute Gasteiger partial charge is 0.415 e. The second-order valence-corrected chi connectivity index (χ2v) is 12.2. The number of aromatic nitrogens is 4. The molecule has 176 valence electrons. The molecule has 34 heavy (non-hydrogen) atoms. The van der Waals surface area contributed by atoms with Gasteiger partial charge in [-0.15, -0.1) is 10.2 Å². The minimum atomic E-state index is 0.460. The summed E-state index contributed by atoms with van der Waals surface area (Å²) in [4.78, 5) is 14.4. The van der Waals surface area contributed by atoms with E-state index in [0.717, 1.165) is 43.4 Å². The van der Waals surface area contributed by atoms with Crippen LogP contribution in [0.2, 0.25) is 0 Å². The molecule has 0 N–H and O–H groups in total. The fraction of sp³-hybridized carbons (Fsp3) is 0.538. The summed E-state index contributed by atoms with van der Waals surface area (Å²) in [7, 11) is 0. The number of hydrogen-bond acceptors (Lipinski definition) is 7. The molecule has 0 unspecified atom stereocenters. The third-order valence-corrected chi connectivity index (χ3v) is 9.15. The number of halogens is 1. The fourth-order valence-electron chi connectivity index (χ4n) is 5.78. The maximum atomic E-state index is 6.25. The van der Waals surface area contributed by atoms with Crippen molar-refractivity contribution in [2.45, 2.75) is 51.9 Å². The number of benzene rings is 1. The van der Waals surface area contributed by atoms with Gasteiger partial charge in [-0.3, -0.25) is 0 Å². The first kappa shape index (κ1) is 21.1. The summed E-state index contributed by atoms with van der Waals surface area (Å²) >= 11 is 2.39. The minimum absolute atomic E-state index is 0.460. The van der Waals surface area contributed by atoms with Crippen LogP contribution in [0.1, 0.15) is 50.6 Å². The van der Waals surface area contributed by atoms with E-state index in [1.807, 2.05) is 13.0 Å². The molecule has 2 aliphatic heterocycles. The Bertz CT molecular complexity index is 1250. The molecule has 2 saturated heterocycles. The molecule has 2 spiro atoms. The predicted octanol–water partition coefficient (Wildman–Crippen LogP) is 5.48. The molecule has 2 saturated carbocycles. The van der Waals surface area contributed by atoms with Crippen LogP contribution >= 0.6 is 22.6 Å². The molecule has 7 nitrogen and oxygen atoms in total. The highest BCUT2D eigenvalue weighted by Crippen LogP contribution is 2.54. The first-order valence-electron chi connectivity index (χ1n) is 12.5. The van der Waals surface area contributed by atoms with Gasteiger partial charge in [-0.1, -0.05) is 0 Å². The van der Waals surface area contributed by atoms with E-state index in [4.69, 9.17) is 14.4 Å². The van der Waals surface area contributed by atoms with Gasteiger partial charge in [-0.05, 0) is 110 Å². The van der Waals surface area contributed by atoms with Gasteiger partial charge in [0.15, 0.2) is 0 Å². The molecule has 0 radical (unpaired) electrons. The Kier molecular flexibility index (Phi) is 4.73. The van der Waals surface area contributed by atoms with Gasteiger partial charge in [0.2, 0.25) is 11.8 Å². The van der Waals surface area contributed by atoms with Crippen LogP contribution < -0.4 is 9.80 Å². The lowest BCUT2D eigenvalue weighted by molar-refractivity contribution is 0.384. The summed E-state index contributed by atoms with van der Waals surface area (Å²) in [5.74, 6) is 1.81. The number of piperidine rings is 1. The Morgan fingerprint density at radius 1 is 0.824 bits per heavy atom. The van der Waals surface area contributed by atoms with Crippen LogP contribution in [0.15, 0.2) is 28.7 Å². The number of rotatable bonds is 4. The SMILES string of the molecule is Cc1cc(-c2nnc(-c3ccc(I)cc3N3CCC4(CC3)CC4)o2)nc(N2CCC3(CC3)C2)n1. The second kappa shape index (κ2) is 7.63. The molecular formula is C26H29IN6O. The molecule has 4 aliphatic rings. The van der Waals surface area contributed by atoms with Crippen LogP contribution in [0.25, 0.3) is 23.0 Å². The van der Waals surface area contributed by atoms with Crippen molar-refractivity contribution in [3.05, 3.63) is 33.5 Å². The third kappa shape index (κ3) is 3.78. The van der Waals surface area contributed by atoms with Gasteiger partial charge in [0.05, 0.1) is 11.3 Å². The summed E-state index contributed by atoms with van der Waals surface area (Å²) in [6, 6.07) is 8.42. The van der Waals surface area contributed by atoms with Crippen molar-refractivity contribution in [1.82, 2.24) is 20.2 Å². The first-order chi connectivity index (χ1) is 16.5. The topological polar surface area (TPSA) is 71.2 Å². The summed E-state index contributed by atoms with van der Waals surface area (Å²) in [6.45, 7) is 6.30. The normalized spacial score (nSPS) is 22.1. The van der Waals surface area contributed by atoms with E-state index in [2.05, 4.69) is 60.8 Å². The Balaban J connectivity index is 1.19. The van der Waals surface area contributed by atoms with Gasteiger partial charge in [0.25, 0.3) is 5.89 Å². The maximum absolute atomic E-state index is 6.25. The number of nitrogens with zero attached hydrogens (tertiary/aromatic N) is 6. The highest BCUT2D eigenvalue weighted by atomic mass is 127. The average molecular weight is 568 g/mol. The van der Waals surface area contributed by atoms with Crippen molar-refractivity contribution in [1.29, 1.82) is 0 Å². The molecule has 4 heterocycles. The highest BCUT2D eigenvalue weighted by molar-refractivity contribution is 14.1. The molecule has 2 aliphatic carbocycles. The molecule has 0 amide bonds. The Morgan fingerprint density at radius 3 is 2.26 bits per heavy atom. The molecule has 0 atom stereocenters. The average Bonchev–Trinajstić information content (AvgIpc) is 3.64. The lowest BCUT2D eigenvalue weighted by Gasteiger charge is -2.34. The van der Waals surface area contributed by atoms with Crippen molar-refractivity contribution in [2.24, 2.45) is 10.8 Å². The molecule has 2 aromatic heterocycles. The van der Waals surface area contributed by atoms with E-state index in [9.17, 15) is 0 Å². The van der Waals surface area contributed by atoms with Gasteiger partial charge in [0, 0.05) is 35.4 Å². The Morgan fingerprint density at radius 2 is 1.53 bits per heavy atom. The van der Waals surface area contributed by atoms with Crippen LogP contribution in [0.5, 0.6) is 0 Å². The van der Waals surface area contributed by atoms with Crippen LogP contribution in [-0.2, 0) is 0 Å². The van der Waals surface area contributed by atoms with Gasteiger partial charge in [0.1, 0.15) is 5.69 Å². The van der Waals surface area contributed by atoms with Crippen LogP contribution in [0.3, 0.4) is 0 Å². The minimum Gasteiger partial charge on any atom is -0.415 e. The van der Waals surface area contributed by atoms with Crippen molar-refractivity contribution in [2.75, 3.05) is 36.0 Å². The summed E-state index contributed by atoms with van der Waals surface area (Å²) in [5, 5.41) is 8.87. The monoisotopic (exact) mass is 568 g/mol. The second-order valence-electron chi connectivity index (χ2n) is 10.9. The van der Waals surface area contributed by atoms with E-state index in [-0.39, 0.29) is 0 Å². The maximum Gasteiger partial charge on any atom is 0.266 e. The zero-order valence-electron chi connectivity index (χ0n) is 19.6. The molecule has 7 rings (SSSR count). The van der Waals surface area contributed by atoms with Crippen LogP contribution in [0.4, 0.5) is 11.6 Å². The number of aryl methyl sites for hydroxylation is 1. The van der Waals surface area contributed by atoms with Crippen molar-refractivity contribution in [3.63, 3.8) is 0 Å². The van der Waals surface area contributed by atoms with Gasteiger partial charge >= 0.3 is 0 Å². The fourth-order valence-corrected chi connectivity index (χ4v) is 6.25. The van der Waals surface area contributed by atoms with Gasteiger partial charge in [-0.2, -0.15) is 0 Å². The molecular weight excluding hydrogens is 539 g/mol. The predicted molar refractivity (Wildman–Crippen MR) is 140 cm³/mol. The summed E-state index contributed by atoms with van der Waals surface area (Å²) < 4.78 is 7.47. The number of hydrogen-bond donors (Lipinski definition) is 0. The zero-order chi connectivity index (χ0) is 22.9. The van der Waals surface area contributed by atoms with E-state index < -0.39 is 0 Å². The first-order valence-corrected chi connectivity index (χ1v) is 13.6. The molecule has 8 heteroatoms. The van der Waals surface area contributed by atoms with Crippen molar-refractivity contribution >= 4 is 34.2 Å². The highest BCUT2D eigenvalue weighted by Gasteiger charge is 2.48. The molecule has 3 aromatic rings. The Hall–Kier alpha value is -2.23. The Labute approximate surface area is 213 Å². The molecule has 0 bridgehead atoms. The van der Waals surface area contributed by atoms with Crippen LogP contribution in [-0.4, -0.2) is 46.3 Å². The van der Waals surface area contributed by atoms with Gasteiger partial charge in [-0.25, -0.2) is 9.97 Å². The molecule has 4 fully saturated rings. The van der Waals surface area contributed by atoms with E-state index in [1.165, 1.54) is 54.2 Å². The van der Waals surface area contributed by atoms with Crippen LogP contribution in [0, 0.1) is 21.3 Å². The number of anilines is 2. The quantitative estimate of drug-likeness (QED) is 0.387. The van der Waals surface area contributed by atoms with Gasteiger partial charge < -0.3 is 14.2 Å². The third-order valence-electron chi connectivity index (χ3n) is 8.48. The van der Waals surface area contributed by atoms with E-state index >= 15 is 0 Å². The summed E-state index contributed by atoms with van der Waals surface area (Å²) in [5.41, 5.74) is 5.01. The van der Waals surface area contributed by atoms with Crippen molar-refractivity contribution in [3.8, 4) is 23.0 Å². The summed E-state index contributed by atoms with van der Waals surface area (Å²) in [6.07, 6.45) is 9.31. The van der Waals surface area contributed by atoms with E-state index in [1.54, 1.807) is 0 Å². The molecule has 1 aromatic carbocycles. The lowest BCUT2D eigenvalue weighted by atomic mass is 9.93.